The van der Waals surface area contributed by atoms with Crippen LogP contribution >= 0.6 is 0 Å². The fourth-order valence-electron chi connectivity index (χ4n) is 6.43. The van der Waals surface area contributed by atoms with E-state index >= 15 is 0 Å². The number of hydrogen-bond acceptors (Lipinski definition) is 4. The van der Waals surface area contributed by atoms with Crippen molar-refractivity contribution in [2.24, 2.45) is 11.8 Å². The van der Waals surface area contributed by atoms with Crippen molar-refractivity contribution in [1.82, 2.24) is 14.8 Å². The largest absolute Gasteiger partial charge is 0.369 e. The number of hydrogen-bond donors (Lipinski definition) is 0. The van der Waals surface area contributed by atoms with E-state index < -0.39 is 0 Å². The normalized spacial score (nSPS) is 27.0. The molecule has 33 heavy (non-hydrogen) atoms. The first-order valence-electron chi connectivity index (χ1n) is 13.4. The number of benzene rings is 1. The predicted molar refractivity (Wildman–Crippen MR) is 137 cm³/mol. The molecule has 1 saturated carbocycles. The number of ether oxygens (including phenoxy) is 1. The van der Waals surface area contributed by atoms with Crippen LogP contribution < -0.4 is 0 Å². The lowest BCUT2D eigenvalue weighted by Crippen LogP contribution is -2.42. The van der Waals surface area contributed by atoms with E-state index in [4.69, 9.17) is 9.72 Å². The molecule has 3 heterocycles. The lowest BCUT2D eigenvalue weighted by molar-refractivity contribution is -0.0422. The standard InChI is InChI=1S/C29H43N3O/c1-20(2)31-13-10-23(18-31)16-22(5)29(11-12-29)28-25-9-7-6-8-24(25)17-26(30-28)27-19-32(21(3)4)14-15-33-27/h6-9,17,20-23,27H,10-16,18-19H2,1-5H3. The van der Waals surface area contributed by atoms with Crippen molar-refractivity contribution in [3.8, 4) is 0 Å². The molecule has 4 nitrogen and oxygen atoms in total. The molecule has 0 bridgehead atoms. The molecule has 3 unspecified atom stereocenters. The van der Waals surface area contributed by atoms with Gasteiger partial charge < -0.3 is 9.64 Å². The Morgan fingerprint density at radius 2 is 1.73 bits per heavy atom. The summed E-state index contributed by atoms with van der Waals surface area (Å²) in [5.74, 6) is 1.50. The molecule has 5 rings (SSSR count). The van der Waals surface area contributed by atoms with Crippen LogP contribution in [0, 0.1) is 11.8 Å². The highest BCUT2D eigenvalue weighted by Crippen LogP contribution is 2.57. The molecular formula is C29H43N3O. The van der Waals surface area contributed by atoms with Gasteiger partial charge in [0.2, 0.25) is 0 Å². The molecule has 1 aliphatic carbocycles. The van der Waals surface area contributed by atoms with Crippen molar-refractivity contribution >= 4 is 10.8 Å². The molecule has 4 heteroatoms. The lowest BCUT2D eigenvalue weighted by atomic mass is 9.79. The van der Waals surface area contributed by atoms with E-state index in [9.17, 15) is 0 Å². The molecule has 0 amide bonds. The Bertz CT molecular complexity index is 966. The molecule has 1 aromatic carbocycles. The second kappa shape index (κ2) is 9.28. The Balaban J connectivity index is 1.43. The summed E-state index contributed by atoms with van der Waals surface area (Å²) < 4.78 is 6.27. The van der Waals surface area contributed by atoms with Crippen LogP contribution in [0.25, 0.3) is 10.8 Å². The summed E-state index contributed by atoms with van der Waals surface area (Å²) >= 11 is 0. The van der Waals surface area contributed by atoms with Gasteiger partial charge >= 0.3 is 0 Å². The highest BCUT2D eigenvalue weighted by atomic mass is 16.5. The summed E-state index contributed by atoms with van der Waals surface area (Å²) in [6, 6.07) is 12.4. The van der Waals surface area contributed by atoms with Gasteiger partial charge in [0.1, 0.15) is 6.10 Å². The van der Waals surface area contributed by atoms with Crippen LogP contribution in [-0.4, -0.2) is 59.7 Å². The maximum absolute atomic E-state index is 6.27. The molecular weight excluding hydrogens is 406 g/mol. The van der Waals surface area contributed by atoms with Crippen LogP contribution in [-0.2, 0) is 10.2 Å². The summed E-state index contributed by atoms with van der Waals surface area (Å²) in [4.78, 5) is 10.6. The number of morpholine rings is 1. The number of fused-ring (bicyclic) bond motifs is 1. The molecule has 2 aromatic rings. The zero-order chi connectivity index (χ0) is 23.2. The summed E-state index contributed by atoms with van der Waals surface area (Å²) in [6.07, 6.45) is 5.31. The quantitative estimate of drug-likeness (QED) is 0.534. The van der Waals surface area contributed by atoms with Crippen LogP contribution in [0.2, 0.25) is 0 Å². The molecule has 3 atom stereocenters. The molecule has 0 radical (unpaired) electrons. The first-order valence-corrected chi connectivity index (χ1v) is 13.4. The van der Waals surface area contributed by atoms with Crippen LogP contribution in [0.5, 0.6) is 0 Å². The Kier molecular flexibility index (Phi) is 6.54. The van der Waals surface area contributed by atoms with Crippen molar-refractivity contribution < 1.29 is 4.74 Å². The second-order valence-corrected chi connectivity index (χ2v) is 11.6. The number of nitrogens with zero attached hydrogens (tertiary/aromatic N) is 3. The van der Waals surface area contributed by atoms with Gasteiger partial charge in [-0.05, 0) is 83.2 Å². The van der Waals surface area contributed by atoms with Gasteiger partial charge in [0.25, 0.3) is 0 Å². The molecule has 2 saturated heterocycles. The van der Waals surface area contributed by atoms with Gasteiger partial charge in [0.15, 0.2) is 0 Å². The van der Waals surface area contributed by atoms with Crippen LogP contribution in [0.4, 0.5) is 0 Å². The minimum atomic E-state index is 0.0741. The summed E-state index contributed by atoms with van der Waals surface area (Å²) in [5.41, 5.74) is 2.74. The van der Waals surface area contributed by atoms with Crippen molar-refractivity contribution in [2.45, 2.75) is 83.9 Å². The molecule has 3 fully saturated rings. The fourth-order valence-corrected chi connectivity index (χ4v) is 6.43. The molecule has 3 aliphatic rings. The van der Waals surface area contributed by atoms with Gasteiger partial charge in [-0.1, -0.05) is 31.2 Å². The van der Waals surface area contributed by atoms with Gasteiger partial charge in [-0.25, -0.2) is 0 Å². The number of likely N-dealkylation sites (tertiary alicyclic amines) is 1. The summed E-state index contributed by atoms with van der Waals surface area (Å²) in [5, 5.41) is 2.69. The third kappa shape index (κ3) is 4.59. The minimum absolute atomic E-state index is 0.0741. The SMILES string of the molecule is CC(C)N1CCC(CC(C)C2(c3nc(C4CN(C(C)C)CCO4)cc4ccccc34)CC2)C1. The van der Waals surface area contributed by atoms with Gasteiger partial charge in [0, 0.05) is 42.5 Å². The Morgan fingerprint density at radius 1 is 1.00 bits per heavy atom. The first-order chi connectivity index (χ1) is 15.9. The highest BCUT2D eigenvalue weighted by Gasteiger charge is 2.51. The van der Waals surface area contributed by atoms with Crippen molar-refractivity contribution in [3.05, 3.63) is 41.7 Å². The van der Waals surface area contributed by atoms with E-state index in [0.29, 0.717) is 18.0 Å². The fraction of sp³-hybridized carbons (Fsp3) is 0.690. The first kappa shape index (κ1) is 23.3. The highest BCUT2D eigenvalue weighted by molar-refractivity contribution is 5.86. The molecule has 0 spiro atoms. The van der Waals surface area contributed by atoms with Crippen LogP contribution in [0.1, 0.15) is 77.8 Å². The topological polar surface area (TPSA) is 28.6 Å². The smallest absolute Gasteiger partial charge is 0.112 e. The molecule has 180 valence electrons. The predicted octanol–water partition coefficient (Wildman–Crippen LogP) is 5.80. The van der Waals surface area contributed by atoms with Gasteiger partial charge in [-0.15, -0.1) is 0 Å². The van der Waals surface area contributed by atoms with Gasteiger partial charge in [0.05, 0.1) is 18.0 Å². The molecule has 2 aliphatic heterocycles. The third-order valence-corrected chi connectivity index (χ3v) is 8.86. The number of rotatable bonds is 7. The van der Waals surface area contributed by atoms with Gasteiger partial charge in [-0.2, -0.15) is 0 Å². The van der Waals surface area contributed by atoms with E-state index in [1.165, 1.54) is 55.2 Å². The minimum Gasteiger partial charge on any atom is -0.369 e. The van der Waals surface area contributed by atoms with E-state index in [0.717, 1.165) is 31.3 Å². The Labute approximate surface area is 200 Å². The van der Waals surface area contributed by atoms with E-state index in [2.05, 4.69) is 74.8 Å². The summed E-state index contributed by atoms with van der Waals surface area (Å²) in [7, 11) is 0. The maximum atomic E-state index is 6.27. The van der Waals surface area contributed by atoms with E-state index in [1.54, 1.807) is 0 Å². The average Bonchev–Trinajstić information content (AvgIpc) is 3.50. The van der Waals surface area contributed by atoms with E-state index in [-0.39, 0.29) is 11.5 Å². The average molecular weight is 450 g/mol. The molecule has 0 N–H and O–H groups in total. The van der Waals surface area contributed by atoms with Crippen molar-refractivity contribution in [1.29, 1.82) is 0 Å². The third-order valence-electron chi connectivity index (χ3n) is 8.86. The zero-order valence-corrected chi connectivity index (χ0v) is 21.4. The van der Waals surface area contributed by atoms with Gasteiger partial charge in [-0.3, -0.25) is 9.88 Å². The lowest BCUT2D eigenvalue weighted by Gasteiger charge is -2.36. The van der Waals surface area contributed by atoms with Crippen molar-refractivity contribution in [2.75, 3.05) is 32.8 Å². The van der Waals surface area contributed by atoms with Crippen LogP contribution in [0.3, 0.4) is 0 Å². The van der Waals surface area contributed by atoms with Crippen molar-refractivity contribution in [3.63, 3.8) is 0 Å². The molecule has 1 aromatic heterocycles. The maximum Gasteiger partial charge on any atom is 0.112 e. The monoisotopic (exact) mass is 449 g/mol. The Morgan fingerprint density at radius 3 is 2.42 bits per heavy atom. The number of aromatic nitrogens is 1. The second-order valence-electron chi connectivity index (χ2n) is 11.6. The van der Waals surface area contributed by atoms with E-state index in [1.807, 2.05) is 0 Å². The zero-order valence-electron chi connectivity index (χ0n) is 21.4. The number of pyridine rings is 1. The van der Waals surface area contributed by atoms with Crippen LogP contribution in [0.15, 0.2) is 30.3 Å². The summed E-state index contributed by atoms with van der Waals surface area (Å²) in [6.45, 7) is 17.0. The Hall–Kier alpha value is -1.49.